The van der Waals surface area contributed by atoms with Crippen LogP contribution in [0.3, 0.4) is 0 Å². The molecule has 4 rings (SSSR count). The zero-order valence-electron chi connectivity index (χ0n) is 13.8. The van der Waals surface area contributed by atoms with E-state index in [4.69, 9.17) is 4.74 Å². The molecule has 1 nitrogen and oxygen atoms in total. The Kier molecular flexibility index (Phi) is 4.44. The molecule has 3 aromatic carbocycles. The molecule has 120 valence electrons. The molecule has 3 aromatic rings. The second kappa shape index (κ2) is 7.02. The Morgan fingerprint density at radius 3 is 2.29 bits per heavy atom. The van der Waals surface area contributed by atoms with Crippen LogP contribution in [0.4, 0.5) is 0 Å². The molecule has 1 atom stereocenters. The summed E-state index contributed by atoms with van der Waals surface area (Å²) in [5, 5.41) is 0. The monoisotopic (exact) mass is 314 g/mol. The number of rotatable bonds is 4. The molecule has 0 fully saturated rings. The molecule has 24 heavy (non-hydrogen) atoms. The summed E-state index contributed by atoms with van der Waals surface area (Å²) < 4.78 is 6.24. The third-order valence-electron chi connectivity index (χ3n) is 4.83. The first-order valence-electron chi connectivity index (χ1n) is 8.74. The van der Waals surface area contributed by atoms with Gasteiger partial charge in [-0.05, 0) is 47.1 Å². The maximum absolute atomic E-state index is 6.24. The van der Waals surface area contributed by atoms with E-state index in [9.17, 15) is 0 Å². The molecule has 1 heteroatoms. The highest BCUT2D eigenvalue weighted by Crippen LogP contribution is 2.33. The van der Waals surface area contributed by atoms with E-state index in [1.807, 2.05) is 6.07 Å². The van der Waals surface area contributed by atoms with Gasteiger partial charge in [0, 0.05) is 0 Å². The first-order valence-corrected chi connectivity index (χ1v) is 8.74. The third kappa shape index (κ3) is 3.27. The summed E-state index contributed by atoms with van der Waals surface area (Å²) in [5.74, 6) is 0. The summed E-state index contributed by atoms with van der Waals surface area (Å²) in [6.45, 7) is 0.675. The fourth-order valence-corrected chi connectivity index (χ4v) is 3.50. The molecule has 0 amide bonds. The first kappa shape index (κ1) is 15.2. The second-order valence-corrected chi connectivity index (χ2v) is 6.45. The highest BCUT2D eigenvalue weighted by molar-refractivity contribution is 5.63. The zero-order valence-corrected chi connectivity index (χ0v) is 13.8. The smallest absolute Gasteiger partial charge is 0.0832 e. The molecule has 1 aliphatic rings. The van der Waals surface area contributed by atoms with Crippen molar-refractivity contribution in [3.63, 3.8) is 0 Å². The predicted octanol–water partition coefficient (Wildman–Crippen LogP) is 5.95. The van der Waals surface area contributed by atoms with Crippen LogP contribution in [0.25, 0.3) is 11.1 Å². The van der Waals surface area contributed by atoms with Gasteiger partial charge in [0.25, 0.3) is 0 Å². The van der Waals surface area contributed by atoms with Gasteiger partial charge in [-0.15, -0.1) is 0 Å². The predicted molar refractivity (Wildman–Crippen MR) is 98.8 cm³/mol. The highest BCUT2D eigenvalue weighted by atomic mass is 16.5. The maximum Gasteiger partial charge on any atom is 0.0832 e. The molecule has 0 bridgehead atoms. The van der Waals surface area contributed by atoms with Crippen LogP contribution >= 0.6 is 0 Å². The van der Waals surface area contributed by atoms with Crippen LogP contribution < -0.4 is 0 Å². The van der Waals surface area contributed by atoms with Crippen LogP contribution in [-0.2, 0) is 17.8 Å². The van der Waals surface area contributed by atoms with Crippen LogP contribution in [0.1, 0.15) is 35.6 Å². The van der Waals surface area contributed by atoms with Crippen molar-refractivity contribution in [3.05, 3.63) is 95.6 Å². The minimum Gasteiger partial charge on any atom is -0.369 e. The summed E-state index contributed by atoms with van der Waals surface area (Å²) in [4.78, 5) is 0. The fraction of sp³-hybridized carbons (Fsp3) is 0.217. The van der Waals surface area contributed by atoms with Crippen LogP contribution in [-0.4, -0.2) is 0 Å². The molecule has 0 saturated heterocycles. The SMILES string of the molecule is c1ccc(-c2ccc(CO[C@H]3CCCc4ccccc43)cc2)cc1. The maximum atomic E-state index is 6.24. The van der Waals surface area contributed by atoms with Crippen LogP contribution in [0.2, 0.25) is 0 Å². The molecule has 0 heterocycles. The summed E-state index contributed by atoms with van der Waals surface area (Å²) in [7, 11) is 0. The van der Waals surface area contributed by atoms with Crippen molar-refractivity contribution in [1.29, 1.82) is 0 Å². The van der Waals surface area contributed by atoms with Gasteiger partial charge in [0.1, 0.15) is 0 Å². The van der Waals surface area contributed by atoms with Gasteiger partial charge in [0.15, 0.2) is 0 Å². The van der Waals surface area contributed by atoms with Crippen LogP contribution in [0.5, 0.6) is 0 Å². The summed E-state index contributed by atoms with van der Waals surface area (Å²) in [6, 6.07) is 27.9. The van der Waals surface area contributed by atoms with Crippen molar-refractivity contribution in [1.82, 2.24) is 0 Å². The molecule has 0 radical (unpaired) electrons. The van der Waals surface area contributed by atoms with Crippen molar-refractivity contribution in [3.8, 4) is 11.1 Å². The number of fused-ring (bicyclic) bond motifs is 1. The van der Waals surface area contributed by atoms with Gasteiger partial charge < -0.3 is 4.74 Å². The van der Waals surface area contributed by atoms with E-state index in [1.54, 1.807) is 0 Å². The topological polar surface area (TPSA) is 9.23 Å². The van der Waals surface area contributed by atoms with Crippen molar-refractivity contribution < 1.29 is 4.74 Å². The van der Waals surface area contributed by atoms with Gasteiger partial charge >= 0.3 is 0 Å². The van der Waals surface area contributed by atoms with Gasteiger partial charge in [-0.25, -0.2) is 0 Å². The Labute approximate surface area is 143 Å². The average Bonchev–Trinajstić information content (AvgIpc) is 2.67. The average molecular weight is 314 g/mol. The van der Waals surface area contributed by atoms with Crippen LogP contribution in [0.15, 0.2) is 78.9 Å². The zero-order chi connectivity index (χ0) is 16.2. The Hall–Kier alpha value is -2.38. The number of benzene rings is 3. The molecular weight excluding hydrogens is 292 g/mol. The van der Waals surface area contributed by atoms with Crippen molar-refractivity contribution in [2.75, 3.05) is 0 Å². The van der Waals surface area contributed by atoms with E-state index < -0.39 is 0 Å². The van der Waals surface area contributed by atoms with Crippen molar-refractivity contribution in [2.24, 2.45) is 0 Å². The van der Waals surface area contributed by atoms with Gasteiger partial charge in [0.05, 0.1) is 12.7 Å². The normalized spacial score (nSPS) is 16.6. The lowest BCUT2D eigenvalue weighted by Gasteiger charge is -2.25. The minimum atomic E-state index is 0.240. The van der Waals surface area contributed by atoms with E-state index in [-0.39, 0.29) is 6.10 Å². The molecule has 1 aliphatic carbocycles. The largest absolute Gasteiger partial charge is 0.369 e. The second-order valence-electron chi connectivity index (χ2n) is 6.45. The highest BCUT2D eigenvalue weighted by Gasteiger charge is 2.20. The first-order chi connectivity index (χ1) is 11.9. The molecular formula is C23H22O. The summed E-state index contributed by atoms with van der Waals surface area (Å²) in [5.41, 5.74) is 6.57. The van der Waals surface area contributed by atoms with E-state index in [2.05, 4.69) is 72.8 Å². The molecule has 0 unspecified atom stereocenters. The van der Waals surface area contributed by atoms with Crippen molar-refractivity contribution in [2.45, 2.75) is 32.0 Å². The van der Waals surface area contributed by atoms with Crippen molar-refractivity contribution >= 4 is 0 Å². The number of ether oxygens (including phenoxy) is 1. The summed E-state index contributed by atoms with van der Waals surface area (Å²) in [6.07, 6.45) is 3.76. The summed E-state index contributed by atoms with van der Waals surface area (Å²) >= 11 is 0. The minimum absolute atomic E-state index is 0.240. The van der Waals surface area contributed by atoms with E-state index in [0.717, 1.165) is 6.42 Å². The molecule has 0 spiro atoms. The number of hydrogen-bond donors (Lipinski definition) is 0. The standard InChI is InChI=1S/C23H22O/c1-2-7-19(8-3-1)20-15-13-18(14-16-20)17-24-23-12-6-10-21-9-4-5-11-22(21)23/h1-5,7-9,11,13-16,23H,6,10,12,17H2/t23-/m0/s1. The molecule has 0 saturated carbocycles. The number of hydrogen-bond acceptors (Lipinski definition) is 1. The lowest BCUT2D eigenvalue weighted by Crippen LogP contribution is -2.12. The van der Waals surface area contributed by atoms with Gasteiger partial charge in [-0.1, -0.05) is 78.9 Å². The third-order valence-corrected chi connectivity index (χ3v) is 4.83. The van der Waals surface area contributed by atoms with Crippen LogP contribution in [0, 0.1) is 0 Å². The lowest BCUT2D eigenvalue weighted by molar-refractivity contribution is 0.0283. The van der Waals surface area contributed by atoms with Gasteiger partial charge in [-0.3, -0.25) is 0 Å². The fourth-order valence-electron chi connectivity index (χ4n) is 3.50. The molecule has 0 aromatic heterocycles. The Morgan fingerprint density at radius 2 is 1.46 bits per heavy atom. The lowest BCUT2D eigenvalue weighted by atomic mass is 9.89. The van der Waals surface area contributed by atoms with Gasteiger partial charge in [0.2, 0.25) is 0 Å². The number of aryl methyl sites for hydroxylation is 1. The Balaban J connectivity index is 1.44. The Bertz CT molecular complexity index is 790. The Morgan fingerprint density at radius 1 is 0.750 bits per heavy atom. The van der Waals surface area contributed by atoms with E-state index in [0.29, 0.717) is 6.61 Å². The van der Waals surface area contributed by atoms with Gasteiger partial charge in [-0.2, -0.15) is 0 Å². The van der Waals surface area contributed by atoms with E-state index >= 15 is 0 Å². The molecule has 0 aliphatic heterocycles. The quantitative estimate of drug-likeness (QED) is 0.578. The molecule has 0 N–H and O–H groups in total. The van der Waals surface area contributed by atoms with E-state index in [1.165, 1.54) is 40.7 Å².